The fourth-order valence-corrected chi connectivity index (χ4v) is 5.58. The first-order valence-corrected chi connectivity index (χ1v) is 11.9. The summed E-state index contributed by atoms with van der Waals surface area (Å²) in [4.78, 5) is 33.9. The molecule has 2 aromatic heterocycles. The number of hydrogen-bond donors (Lipinski definition) is 2. The van der Waals surface area contributed by atoms with E-state index in [9.17, 15) is 14.9 Å². The van der Waals surface area contributed by atoms with Crippen LogP contribution in [0.2, 0.25) is 0 Å². The van der Waals surface area contributed by atoms with Crippen LogP contribution in [0.3, 0.4) is 0 Å². The molecule has 0 fully saturated rings. The van der Waals surface area contributed by atoms with Crippen molar-refractivity contribution in [2.75, 3.05) is 11.9 Å². The summed E-state index contributed by atoms with van der Waals surface area (Å²) < 4.78 is 5.23. The second kappa shape index (κ2) is 9.12. The summed E-state index contributed by atoms with van der Waals surface area (Å²) >= 11 is 1.45. The number of carbonyl (C=O) groups excluding carboxylic acids is 2. The number of benzene rings is 2. The zero-order valence-electron chi connectivity index (χ0n) is 18.6. The van der Waals surface area contributed by atoms with Crippen molar-refractivity contribution in [2.45, 2.75) is 26.2 Å². The van der Waals surface area contributed by atoms with E-state index in [4.69, 9.17) is 4.74 Å². The molecule has 7 nitrogen and oxygen atoms in total. The Hall–Kier alpha value is -3.96. The maximum Gasteiger partial charge on any atom is 0.338 e. The van der Waals surface area contributed by atoms with E-state index in [2.05, 4.69) is 28.3 Å². The highest BCUT2D eigenvalue weighted by atomic mass is 32.1. The second-order valence-corrected chi connectivity index (χ2v) is 9.58. The Bertz CT molecular complexity index is 1430. The lowest BCUT2D eigenvalue weighted by atomic mass is 9.89. The first-order valence-electron chi connectivity index (χ1n) is 11.1. The number of ether oxygens (including phenoxy) is 1. The topological polar surface area (TPSA) is 108 Å². The summed E-state index contributed by atoms with van der Waals surface area (Å²) in [5.74, 6) is 0.207. The van der Waals surface area contributed by atoms with Gasteiger partial charge in [-0.2, -0.15) is 5.26 Å². The largest absolute Gasteiger partial charge is 0.452 e. The number of anilines is 1. The lowest BCUT2D eigenvalue weighted by molar-refractivity contribution is -0.119. The van der Waals surface area contributed by atoms with Gasteiger partial charge in [-0.25, -0.2) is 9.78 Å². The normalized spacial score (nSPS) is 14.9. The standard InChI is InChI=1S/C26H22N4O3S/c1-15-7-9-18-19(13-27)25(34-22(18)11-15)30-23(31)14-33-26(32)17-8-10-20-21(12-17)29-24(28-20)16-5-3-2-4-6-16/h2-6,8,10,12,15H,7,9,11,14H2,1H3,(H,28,29)(H,30,31). The highest BCUT2D eigenvalue weighted by Gasteiger charge is 2.25. The summed E-state index contributed by atoms with van der Waals surface area (Å²) in [6, 6.07) is 17.0. The maximum atomic E-state index is 12.6. The van der Waals surface area contributed by atoms with Crippen molar-refractivity contribution in [1.29, 1.82) is 5.26 Å². The Labute approximate surface area is 200 Å². The molecule has 170 valence electrons. The predicted molar refractivity (Wildman–Crippen MR) is 131 cm³/mol. The molecule has 0 bridgehead atoms. The summed E-state index contributed by atoms with van der Waals surface area (Å²) in [7, 11) is 0. The summed E-state index contributed by atoms with van der Waals surface area (Å²) in [6.07, 6.45) is 2.81. The molecule has 5 rings (SSSR count). The molecule has 2 N–H and O–H groups in total. The molecule has 34 heavy (non-hydrogen) atoms. The minimum atomic E-state index is -0.604. The average Bonchev–Trinajstić information content (AvgIpc) is 3.42. The van der Waals surface area contributed by atoms with Gasteiger partial charge in [0.25, 0.3) is 5.91 Å². The lowest BCUT2D eigenvalue weighted by Crippen LogP contribution is -2.20. The number of thiophene rings is 1. The molecule has 2 aromatic carbocycles. The number of hydrogen-bond acceptors (Lipinski definition) is 6. The Kier molecular flexibility index (Phi) is 5.86. The highest BCUT2D eigenvalue weighted by Crippen LogP contribution is 2.39. The van der Waals surface area contributed by atoms with Crippen LogP contribution in [-0.4, -0.2) is 28.5 Å². The lowest BCUT2D eigenvalue weighted by Gasteiger charge is -2.17. The molecule has 1 amide bonds. The number of nitrogens with one attached hydrogen (secondary N) is 2. The van der Waals surface area contributed by atoms with Crippen LogP contribution < -0.4 is 5.32 Å². The molecule has 0 radical (unpaired) electrons. The van der Waals surface area contributed by atoms with Crippen molar-refractivity contribution in [2.24, 2.45) is 5.92 Å². The molecule has 0 saturated heterocycles. The number of nitrogens with zero attached hydrogens (tertiary/aromatic N) is 2. The van der Waals surface area contributed by atoms with Crippen LogP contribution in [0.4, 0.5) is 5.00 Å². The zero-order valence-corrected chi connectivity index (χ0v) is 19.4. The van der Waals surface area contributed by atoms with Gasteiger partial charge in [0.05, 0.1) is 22.2 Å². The molecule has 0 aliphatic heterocycles. The van der Waals surface area contributed by atoms with Crippen molar-refractivity contribution in [3.05, 3.63) is 70.1 Å². The van der Waals surface area contributed by atoms with Crippen molar-refractivity contribution >= 4 is 39.2 Å². The monoisotopic (exact) mass is 470 g/mol. The van der Waals surface area contributed by atoms with Gasteiger partial charge in [0.1, 0.15) is 16.9 Å². The summed E-state index contributed by atoms with van der Waals surface area (Å²) in [5, 5.41) is 12.9. The average molecular weight is 471 g/mol. The highest BCUT2D eigenvalue weighted by molar-refractivity contribution is 7.16. The van der Waals surface area contributed by atoms with Crippen molar-refractivity contribution < 1.29 is 14.3 Å². The van der Waals surface area contributed by atoms with Gasteiger partial charge in [0, 0.05) is 10.4 Å². The Morgan fingerprint density at radius 1 is 1.26 bits per heavy atom. The number of esters is 1. The molecule has 8 heteroatoms. The maximum absolute atomic E-state index is 12.6. The minimum Gasteiger partial charge on any atom is -0.452 e. The molecular formula is C26H22N4O3S. The first-order chi connectivity index (χ1) is 16.5. The number of imidazole rings is 1. The SMILES string of the molecule is CC1CCc2c(sc(NC(=O)COC(=O)c3ccc4nc(-c5ccccc5)[nH]c4c3)c2C#N)C1. The Balaban J connectivity index is 1.25. The third-order valence-corrected chi connectivity index (χ3v) is 7.15. The first kappa shape index (κ1) is 21.9. The predicted octanol–water partition coefficient (Wildman–Crippen LogP) is 5.08. The smallest absolute Gasteiger partial charge is 0.338 e. The number of carbonyl (C=O) groups is 2. The van der Waals surface area contributed by atoms with Crippen LogP contribution in [0.25, 0.3) is 22.4 Å². The van der Waals surface area contributed by atoms with Crippen LogP contribution >= 0.6 is 11.3 Å². The quantitative estimate of drug-likeness (QED) is 0.395. The number of H-pyrrole nitrogens is 1. The van der Waals surface area contributed by atoms with Gasteiger partial charge in [0.2, 0.25) is 0 Å². The van der Waals surface area contributed by atoms with Gasteiger partial charge < -0.3 is 15.0 Å². The Morgan fingerprint density at radius 2 is 2.09 bits per heavy atom. The van der Waals surface area contributed by atoms with Gasteiger partial charge in [0.15, 0.2) is 6.61 Å². The number of aromatic nitrogens is 2. The van der Waals surface area contributed by atoms with Crippen molar-refractivity contribution in [3.8, 4) is 17.5 Å². The van der Waals surface area contributed by atoms with E-state index in [-0.39, 0.29) is 0 Å². The van der Waals surface area contributed by atoms with Gasteiger partial charge in [-0.3, -0.25) is 4.79 Å². The van der Waals surface area contributed by atoms with Gasteiger partial charge in [-0.15, -0.1) is 11.3 Å². The van der Waals surface area contributed by atoms with E-state index >= 15 is 0 Å². The van der Waals surface area contributed by atoms with Crippen molar-refractivity contribution in [1.82, 2.24) is 9.97 Å². The van der Waals surface area contributed by atoms with Gasteiger partial charge in [-0.05, 0) is 48.9 Å². The van der Waals surface area contributed by atoms with E-state index in [0.717, 1.165) is 40.8 Å². The van der Waals surface area contributed by atoms with E-state index in [1.165, 1.54) is 11.3 Å². The molecule has 2 heterocycles. The van der Waals surface area contributed by atoms with Crippen LogP contribution in [0.1, 0.15) is 39.7 Å². The fourth-order valence-electron chi connectivity index (χ4n) is 4.20. The van der Waals surface area contributed by atoms with Gasteiger partial charge in [-0.1, -0.05) is 37.3 Å². The Morgan fingerprint density at radius 3 is 2.88 bits per heavy atom. The molecule has 0 spiro atoms. The van der Waals surface area contributed by atoms with E-state index < -0.39 is 18.5 Å². The van der Waals surface area contributed by atoms with E-state index in [0.29, 0.717) is 33.4 Å². The molecular weight excluding hydrogens is 448 g/mol. The van der Waals surface area contributed by atoms with E-state index in [1.807, 2.05) is 30.3 Å². The number of fused-ring (bicyclic) bond motifs is 2. The molecule has 0 saturated carbocycles. The van der Waals surface area contributed by atoms with E-state index in [1.54, 1.807) is 18.2 Å². The zero-order chi connectivity index (χ0) is 23.7. The minimum absolute atomic E-state index is 0.321. The van der Waals surface area contributed by atoms with Crippen LogP contribution in [0, 0.1) is 17.2 Å². The number of aromatic amines is 1. The van der Waals surface area contributed by atoms with Crippen LogP contribution in [0.5, 0.6) is 0 Å². The summed E-state index contributed by atoms with van der Waals surface area (Å²) in [5.41, 5.74) is 4.27. The molecule has 1 unspecified atom stereocenters. The van der Waals surface area contributed by atoms with Gasteiger partial charge >= 0.3 is 5.97 Å². The summed E-state index contributed by atoms with van der Waals surface area (Å²) in [6.45, 7) is 1.76. The number of rotatable bonds is 5. The number of nitriles is 1. The fraction of sp³-hybridized carbons (Fsp3) is 0.231. The molecule has 1 aliphatic carbocycles. The second-order valence-electron chi connectivity index (χ2n) is 8.48. The molecule has 1 aliphatic rings. The van der Waals surface area contributed by atoms with Crippen LogP contribution in [0.15, 0.2) is 48.5 Å². The molecule has 4 aromatic rings. The molecule has 1 atom stereocenters. The van der Waals surface area contributed by atoms with Crippen LogP contribution in [-0.2, 0) is 22.4 Å². The third-order valence-electron chi connectivity index (χ3n) is 5.98. The van der Waals surface area contributed by atoms with Crippen molar-refractivity contribution in [3.63, 3.8) is 0 Å². The third kappa shape index (κ3) is 4.30. The number of amides is 1.